The van der Waals surface area contributed by atoms with Crippen molar-refractivity contribution in [2.45, 2.75) is 167 Å². The van der Waals surface area contributed by atoms with Gasteiger partial charge in [-0.2, -0.15) is 0 Å². The number of carbonyl (C=O) groups excluding carboxylic acids is 4. The lowest BCUT2D eigenvalue weighted by molar-refractivity contribution is -0.296. The van der Waals surface area contributed by atoms with Crippen LogP contribution in [0, 0.1) is 23.7 Å². The van der Waals surface area contributed by atoms with Gasteiger partial charge >= 0.3 is 12.1 Å². The number of ketones is 2. The van der Waals surface area contributed by atoms with Crippen LogP contribution in [0.25, 0.3) is 16.9 Å². The van der Waals surface area contributed by atoms with E-state index in [9.17, 15) is 24.6 Å². The Balaban J connectivity index is 0.956. The molecule has 1 aromatic carbocycles. The molecule has 0 radical (unpaired) electrons. The van der Waals surface area contributed by atoms with Gasteiger partial charge in [0, 0.05) is 100 Å². The number of hydrogen-bond acceptors (Lipinski definition) is 18. The fourth-order valence-electron chi connectivity index (χ4n) is 11.9. The van der Waals surface area contributed by atoms with Crippen molar-refractivity contribution in [3.63, 3.8) is 0 Å². The maximum Gasteiger partial charge on any atom is 0.410 e. The number of aryl methyl sites for hydroxylation is 1. The minimum absolute atomic E-state index is 0.0138. The Morgan fingerprint density at radius 3 is 2.34 bits per heavy atom. The molecule has 428 valence electrons. The molecule has 8 rings (SSSR count). The summed E-state index contributed by atoms with van der Waals surface area (Å²) in [5, 5.41) is 38.4. The first kappa shape index (κ1) is 58.8. The summed E-state index contributed by atoms with van der Waals surface area (Å²) in [5.74, 6) is -5.27. The molecule has 0 aliphatic carbocycles. The number of rotatable bonds is 19. The van der Waals surface area contributed by atoms with Gasteiger partial charge in [0.2, 0.25) is 0 Å². The average Bonchev–Trinajstić information content (AvgIpc) is 4.44. The molecule has 5 aromatic rings. The molecule has 13 atom stereocenters. The number of nitrogens with zero attached hydrogens (tertiary/aromatic N) is 11. The van der Waals surface area contributed by atoms with Crippen LogP contribution in [0.15, 0.2) is 73.7 Å². The number of Topliss-reactive ketones (excluding diaryl/α,β-unsaturated/α-hetero) is 2. The molecule has 0 spiro atoms. The Morgan fingerprint density at radius 1 is 0.899 bits per heavy atom. The second-order valence-corrected chi connectivity index (χ2v) is 22.3. The molecular formula is C57H79N11O11. The van der Waals surface area contributed by atoms with E-state index in [0.29, 0.717) is 51.7 Å². The highest BCUT2D eigenvalue weighted by Crippen LogP contribution is 2.43. The molecule has 3 saturated heterocycles. The number of aliphatic hydroxyl groups is 2. The molecule has 22 heteroatoms. The number of cyclic esters (lactones) is 1. The summed E-state index contributed by atoms with van der Waals surface area (Å²) in [6.45, 7) is 15.9. The van der Waals surface area contributed by atoms with Crippen LogP contribution >= 0.6 is 0 Å². The third kappa shape index (κ3) is 13.2. The first-order valence-corrected chi connectivity index (χ1v) is 27.7. The second kappa shape index (κ2) is 25.4. The van der Waals surface area contributed by atoms with Gasteiger partial charge in [0.25, 0.3) is 0 Å². The molecule has 0 bridgehead atoms. The summed E-state index contributed by atoms with van der Waals surface area (Å²) in [7, 11) is 3.41. The Labute approximate surface area is 462 Å². The van der Waals surface area contributed by atoms with E-state index in [-0.39, 0.29) is 37.9 Å². The monoisotopic (exact) mass is 1090 g/mol. The highest BCUT2D eigenvalue weighted by molar-refractivity contribution is 6.00. The van der Waals surface area contributed by atoms with Gasteiger partial charge in [-0.1, -0.05) is 50.3 Å². The zero-order valence-corrected chi connectivity index (χ0v) is 47.3. The van der Waals surface area contributed by atoms with Crippen LogP contribution in [0.2, 0.25) is 0 Å². The largest absolute Gasteiger partial charge is 0.458 e. The summed E-state index contributed by atoms with van der Waals surface area (Å²) in [6.07, 6.45) is 8.38. The quantitative estimate of drug-likeness (QED) is 0.0605. The van der Waals surface area contributed by atoms with E-state index in [1.54, 1.807) is 60.7 Å². The van der Waals surface area contributed by atoms with Crippen molar-refractivity contribution in [2.75, 3.05) is 33.9 Å². The molecule has 0 saturated carbocycles. The number of pyridine rings is 1. The number of amides is 1. The highest BCUT2D eigenvalue weighted by Gasteiger charge is 2.60. The van der Waals surface area contributed by atoms with Gasteiger partial charge in [-0.05, 0) is 96.7 Å². The Bertz CT molecular complexity index is 2840. The number of methoxy groups -OCH3 is 1. The third-order valence-corrected chi connectivity index (χ3v) is 16.5. The van der Waals surface area contributed by atoms with Gasteiger partial charge < -0.3 is 48.3 Å². The zero-order valence-electron chi connectivity index (χ0n) is 47.3. The zero-order chi connectivity index (χ0) is 56.8. The van der Waals surface area contributed by atoms with E-state index < -0.39 is 89.4 Å². The van der Waals surface area contributed by atoms with E-state index >= 15 is 4.79 Å². The lowest BCUT2D eigenvalue weighted by Gasteiger charge is -2.47. The molecule has 3 aliphatic heterocycles. The SMILES string of the molecule is CC[C@H]1OC(=O)[C@H](C)C(=O)[C@H](C)[C@@H](O[C@@H]2O[C@H](C)C[C@H](N(C)CCc3cn(-c4ccc(Cn5cc(CCO)nn5)cc4)nn3)[C@H]2O)[C@](C)(OC)C[C@@H](C)C(=O)[C@H](C)[C@H]2N(CCCCn3cnc(-c4cccnc4)c3)C(=O)O[C@]12C. The molecule has 3 aliphatic rings. The summed E-state index contributed by atoms with van der Waals surface area (Å²) in [5.41, 5.74) is 2.25. The number of likely N-dealkylation sites (N-methyl/N-ethyl adjacent to an activating group) is 1. The number of ether oxygens (including phenoxy) is 5. The number of benzene rings is 1. The van der Waals surface area contributed by atoms with Crippen molar-refractivity contribution >= 4 is 23.6 Å². The molecule has 79 heavy (non-hydrogen) atoms. The number of hydrogen-bond donors (Lipinski definition) is 2. The van der Waals surface area contributed by atoms with E-state index in [1.807, 2.05) is 92.3 Å². The van der Waals surface area contributed by atoms with Gasteiger partial charge in [0.05, 0.1) is 65.7 Å². The number of aliphatic hydroxyl groups excluding tert-OH is 2. The van der Waals surface area contributed by atoms with E-state index in [2.05, 4.69) is 30.6 Å². The van der Waals surface area contributed by atoms with Crippen LogP contribution < -0.4 is 0 Å². The number of imidazole rings is 1. The lowest BCUT2D eigenvalue weighted by Crippen LogP contribution is -2.60. The summed E-state index contributed by atoms with van der Waals surface area (Å²) in [4.78, 5) is 70.4. The number of carbonyl (C=O) groups is 4. The third-order valence-electron chi connectivity index (χ3n) is 16.5. The van der Waals surface area contributed by atoms with Gasteiger partial charge in [0.1, 0.15) is 23.9 Å². The highest BCUT2D eigenvalue weighted by atomic mass is 16.7. The summed E-state index contributed by atoms with van der Waals surface area (Å²) >= 11 is 0. The minimum Gasteiger partial charge on any atom is -0.458 e. The molecule has 7 heterocycles. The second-order valence-electron chi connectivity index (χ2n) is 22.3. The molecule has 22 nitrogen and oxygen atoms in total. The van der Waals surface area contributed by atoms with Crippen molar-refractivity contribution in [3.05, 3.63) is 90.7 Å². The number of aromatic nitrogens is 9. The van der Waals surface area contributed by atoms with Gasteiger partial charge in [-0.15, -0.1) is 10.2 Å². The van der Waals surface area contributed by atoms with Crippen molar-refractivity contribution in [1.29, 1.82) is 0 Å². The van der Waals surface area contributed by atoms with Crippen LogP contribution in [0.1, 0.15) is 104 Å². The lowest BCUT2D eigenvalue weighted by atomic mass is 9.73. The van der Waals surface area contributed by atoms with Gasteiger partial charge in [-0.3, -0.25) is 19.4 Å². The standard InChI is InChI=1S/C57H79N11O11/c1-11-47-57(8)51(67(55(74)79-57)24-13-12-23-65-33-45(59-34-65)41-15-14-22-58-29-41)37(4)48(70)35(2)28-56(7,75-10)52(38(5)49(71)39(6)53(73)77-47)78-54-50(72)46(27-36(3)76-54)64(9)25-20-42-32-68(63-61-42)44-18-16-40(17-19-44)30-66-31-43(21-26-69)60-62-66/h14-19,22,29,31-39,46-47,50-52,54,69,72H,11-13,20-21,23-28,30H2,1-10H3/t35-,36-,37+,38+,39-,46+,47-,50-,51-,52-,54+,56-,57-/m1/s1. The van der Waals surface area contributed by atoms with Crippen molar-refractivity contribution in [3.8, 4) is 16.9 Å². The summed E-state index contributed by atoms with van der Waals surface area (Å²) < 4.78 is 37.4. The predicted octanol–water partition coefficient (Wildman–Crippen LogP) is 5.30. The maximum absolute atomic E-state index is 15.0. The van der Waals surface area contributed by atoms with E-state index in [1.165, 1.54) is 14.0 Å². The fraction of sp³-hybridized carbons (Fsp3) is 0.614. The van der Waals surface area contributed by atoms with E-state index in [0.717, 1.165) is 33.9 Å². The molecule has 1 amide bonds. The molecular weight excluding hydrogens is 1010 g/mol. The van der Waals surface area contributed by atoms with Crippen molar-refractivity contribution in [2.24, 2.45) is 23.7 Å². The fourth-order valence-corrected chi connectivity index (χ4v) is 11.9. The molecule has 2 N–H and O–H groups in total. The minimum atomic E-state index is -1.44. The average molecular weight is 1090 g/mol. The molecule has 0 unspecified atom stereocenters. The van der Waals surface area contributed by atoms with Crippen molar-refractivity contribution in [1.82, 2.24) is 54.3 Å². The molecule has 4 aromatic heterocycles. The predicted molar refractivity (Wildman–Crippen MR) is 288 cm³/mol. The van der Waals surface area contributed by atoms with Crippen LogP contribution in [0.4, 0.5) is 4.79 Å². The van der Waals surface area contributed by atoms with Crippen molar-refractivity contribution < 1.29 is 53.1 Å². The summed E-state index contributed by atoms with van der Waals surface area (Å²) in [6, 6.07) is 10.4. The van der Waals surface area contributed by atoms with Crippen LogP contribution in [-0.2, 0) is 64.0 Å². The Hall–Kier alpha value is -6.30. The Kier molecular flexibility index (Phi) is 18.9. The first-order chi connectivity index (χ1) is 37.8. The Morgan fingerprint density at radius 2 is 1.63 bits per heavy atom. The number of unbranched alkanes of at least 4 members (excludes halogenated alkanes) is 1. The van der Waals surface area contributed by atoms with Gasteiger partial charge in [-0.25, -0.2) is 19.1 Å². The van der Waals surface area contributed by atoms with Crippen LogP contribution in [0.3, 0.4) is 0 Å². The maximum atomic E-state index is 15.0. The topological polar surface area (TPSA) is 253 Å². The number of fused-ring (bicyclic) bond motifs is 1. The normalized spacial score (nSPS) is 30.1. The van der Waals surface area contributed by atoms with E-state index in [4.69, 9.17) is 23.7 Å². The van der Waals surface area contributed by atoms with Crippen LogP contribution in [0.5, 0.6) is 0 Å². The van der Waals surface area contributed by atoms with Crippen LogP contribution in [-0.4, -0.2) is 176 Å². The van der Waals surface area contributed by atoms with Gasteiger partial charge in [0.15, 0.2) is 17.7 Å². The first-order valence-electron chi connectivity index (χ1n) is 27.7. The smallest absolute Gasteiger partial charge is 0.410 e. The number of esters is 1. The molecule has 3 fully saturated rings.